The number of benzene rings is 1. The third-order valence-corrected chi connectivity index (χ3v) is 3.45. The number of aromatic nitrogens is 1. The molecule has 0 radical (unpaired) electrons. The lowest BCUT2D eigenvalue weighted by molar-refractivity contribution is 0.0607. The molecule has 20 heavy (non-hydrogen) atoms. The first-order valence-electron chi connectivity index (χ1n) is 5.79. The van der Waals surface area contributed by atoms with Crippen LogP contribution in [0.3, 0.4) is 0 Å². The average molecular weight is 291 g/mol. The van der Waals surface area contributed by atoms with E-state index in [1.54, 1.807) is 0 Å². The molecule has 7 heteroatoms. The maximum absolute atomic E-state index is 12.0. The molecule has 1 heterocycles. The van der Waals surface area contributed by atoms with Gasteiger partial charge in [-0.1, -0.05) is 30.3 Å². The molecule has 3 N–H and O–H groups in total. The molecule has 2 aromatic rings. The molecule has 1 aromatic carbocycles. The van der Waals surface area contributed by atoms with Crippen LogP contribution in [-0.2, 0) is 11.3 Å². The molecule has 0 saturated heterocycles. The third-order valence-electron chi connectivity index (χ3n) is 2.61. The first kappa shape index (κ1) is 14.0. The molecule has 0 aliphatic heterocycles. The van der Waals surface area contributed by atoms with Crippen molar-refractivity contribution in [2.45, 2.75) is 6.54 Å². The standard InChI is InChI=1S/C13H13N3O3S/c1-19-13(18)11-9(14)10(16-20-11)12(17)15-7-8-5-3-2-4-6-8/h2-6H,7,14H2,1H3,(H,15,17). The van der Waals surface area contributed by atoms with Crippen molar-refractivity contribution in [3.05, 3.63) is 46.5 Å². The Bertz CT molecular complexity index is 625. The Balaban J connectivity index is 2.07. The Kier molecular flexibility index (Phi) is 4.31. The second kappa shape index (κ2) is 6.16. The second-order valence-electron chi connectivity index (χ2n) is 3.93. The second-order valence-corrected chi connectivity index (χ2v) is 4.71. The number of rotatable bonds is 4. The number of carbonyl (C=O) groups is 2. The zero-order valence-corrected chi connectivity index (χ0v) is 11.6. The van der Waals surface area contributed by atoms with Crippen molar-refractivity contribution in [1.29, 1.82) is 0 Å². The van der Waals surface area contributed by atoms with Gasteiger partial charge in [-0.3, -0.25) is 4.79 Å². The molecule has 104 valence electrons. The van der Waals surface area contributed by atoms with E-state index in [-0.39, 0.29) is 16.3 Å². The van der Waals surface area contributed by atoms with E-state index in [4.69, 9.17) is 5.73 Å². The number of nitrogen functional groups attached to an aromatic ring is 1. The summed E-state index contributed by atoms with van der Waals surface area (Å²) in [5.74, 6) is -1.01. The number of nitrogens with one attached hydrogen (secondary N) is 1. The van der Waals surface area contributed by atoms with Crippen LogP contribution in [-0.4, -0.2) is 23.4 Å². The van der Waals surface area contributed by atoms with Gasteiger partial charge in [0.05, 0.1) is 12.8 Å². The van der Waals surface area contributed by atoms with Gasteiger partial charge in [0.2, 0.25) is 0 Å². The van der Waals surface area contributed by atoms with Crippen LogP contribution in [0.5, 0.6) is 0 Å². The van der Waals surface area contributed by atoms with Gasteiger partial charge in [-0.25, -0.2) is 4.79 Å². The quantitative estimate of drug-likeness (QED) is 0.831. The van der Waals surface area contributed by atoms with Crippen molar-refractivity contribution in [3.8, 4) is 0 Å². The highest BCUT2D eigenvalue weighted by molar-refractivity contribution is 7.08. The number of hydrogen-bond donors (Lipinski definition) is 2. The minimum atomic E-state index is -0.595. The van der Waals surface area contributed by atoms with Gasteiger partial charge in [0, 0.05) is 6.54 Å². The fraction of sp³-hybridized carbons (Fsp3) is 0.154. The third kappa shape index (κ3) is 2.94. The largest absolute Gasteiger partial charge is 0.465 e. The van der Waals surface area contributed by atoms with Crippen LogP contribution in [0.2, 0.25) is 0 Å². The predicted molar refractivity (Wildman–Crippen MR) is 75.5 cm³/mol. The molecule has 0 aliphatic rings. The smallest absolute Gasteiger partial charge is 0.351 e. The Morgan fingerprint density at radius 1 is 1.35 bits per heavy atom. The van der Waals surface area contributed by atoms with Crippen LogP contribution in [0.15, 0.2) is 30.3 Å². The van der Waals surface area contributed by atoms with E-state index in [0.717, 1.165) is 17.1 Å². The Morgan fingerprint density at radius 2 is 2.05 bits per heavy atom. The summed E-state index contributed by atoms with van der Waals surface area (Å²) in [4.78, 5) is 23.5. The van der Waals surface area contributed by atoms with Gasteiger partial charge < -0.3 is 15.8 Å². The Labute approximate surface area is 119 Å². The van der Waals surface area contributed by atoms with E-state index >= 15 is 0 Å². The monoisotopic (exact) mass is 291 g/mol. The first-order chi connectivity index (χ1) is 9.63. The highest BCUT2D eigenvalue weighted by Crippen LogP contribution is 2.22. The van der Waals surface area contributed by atoms with Gasteiger partial charge in [0.25, 0.3) is 5.91 Å². The average Bonchev–Trinajstić information content (AvgIpc) is 2.87. The van der Waals surface area contributed by atoms with Crippen molar-refractivity contribution in [2.75, 3.05) is 12.8 Å². The van der Waals surface area contributed by atoms with Crippen LogP contribution >= 0.6 is 11.5 Å². The van der Waals surface area contributed by atoms with Crippen molar-refractivity contribution in [2.24, 2.45) is 0 Å². The van der Waals surface area contributed by atoms with Crippen molar-refractivity contribution < 1.29 is 14.3 Å². The van der Waals surface area contributed by atoms with Crippen molar-refractivity contribution in [3.63, 3.8) is 0 Å². The van der Waals surface area contributed by atoms with Gasteiger partial charge in [-0.2, -0.15) is 4.37 Å². The van der Waals surface area contributed by atoms with E-state index in [2.05, 4.69) is 14.4 Å². The summed E-state index contributed by atoms with van der Waals surface area (Å²) < 4.78 is 8.46. The molecule has 0 spiro atoms. The number of nitrogens with two attached hydrogens (primary N) is 1. The topological polar surface area (TPSA) is 94.3 Å². The van der Waals surface area contributed by atoms with E-state index in [1.807, 2.05) is 30.3 Å². The lowest BCUT2D eigenvalue weighted by Crippen LogP contribution is -2.24. The molecule has 0 atom stereocenters. The number of amides is 1. The van der Waals surface area contributed by atoms with Gasteiger partial charge in [0.15, 0.2) is 10.6 Å². The van der Waals surface area contributed by atoms with Crippen LogP contribution in [0.25, 0.3) is 0 Å². The molecule has 0 saturated carbocycles. The van der Waals surface area contributed by atoms with Gasteiger partial charge in [-0.05, 0) is 17.1 Å². The Hall–Kier alpha value is -2.41. The first-order valence-corrected chi connectivity index (χ1v) is 6.56. The van der Waals surface area contributed by atoms with E-state index in [1.165, 1.54) is 7.11 Å². The summed E-state index contributed by atoms with van der Waals surface area (Å²) >= 11 is 0.848. The maximum Gasteiger partial charge on any atom is 0.351 e. The number of esters is 1. The number of methoxy groups -OCH3 is 1. The zero-order valence-electron chi connectivity index (χ0n) is 10.8. The molecular formula is C13H13N3O3S. The number of carbonyl (C=O) groups excluding carboxylic acids is 2. The lowest BCUT2D eigenvalue weighted by Gasteiger charge is -2.04. The fourth-order valence-electron chi connectivity index (χ4n) is 1.56. The summed E-state index contributed by atoms with van der Waals surface area (Å²) in [7, 11) is 1.25. The SMILES string of the molecule is COC(=O)c1snc(C(=O)NCc2ccccc2)c1N. The van der Waals surface area contributed by atoms with Gasteiger partial charge in [-0.15, -0.1) is 0 Å². The van der Waals surface area contributed by atoms with E-state index in [0.29, 0.717) is 6.54 Å². The maximum atomic E-state index is 12.0. The minimum absolute atomic E-state index is 0.0475. The van der Waals surface area contributed by atoms with E-state index in [9.17, 15) is 9.59 Å². The molecule has 1 amide bonds. The lowest BCUT2D eigenvalue weighted by atomic mass is 10.2. The molecule has 0 aliphatic carbocycles. The van der Waals surface area contributed by atoms with Crippen LogP contribution in [0.4, 0.5) is 5.69 Å². The zero-order chi connectivity index (χ0) is 14.5. The van der Waals surface area contributed by atoms with Crippen LogP contribution < -0.4 is 11.1 Å². The van der Waals surface area contributed by atoms with Crippen LogP contribution in [0.1, 0.15) is 25.7 Å². The number of ether oxygens (including phenoxy) is 1. The van der Waals surface area contributed by atoms with E-state index < -0.39 is 11.9 Å². The Morgan fingerprint density at radius 3 is 2.70 bits per heavy atom. The molecule has 1 aromatic heterocycles. The number of nitrogens with zero attached hydrogens (tertiary/aromatic N) is 1. The predicted octanol–water partition coefficient (Wildman–Crippen LogP) is 1.44. The summed E-state index contributed by atoms with van der Waals surface area (Å²) in [5, 5.41) is 2.70. The summed E-state index contributed by atoms with van der Waals surface area (Å²) in [6.07, 6.45) is 0. The normalized spacial score (nSPS) is 10.1. The summed E-state index contributed by atoms with van der Waals surface area (Å²) in [5.41, 5.74) is 6.79. The molecule has 2 rings (SSSR count). The van der Waals surface area contributed by atoms with Gasteiger partial charge >= 0.3 is 5.97 Å². The van der Waals surface area contributed by atoms with Crippen molar-refractivity contribution >= 4 is 29.1 Å². The highest BCUT2D eigenvalue weighted by Gasteiger charge is 2.22. The molecule has 0 bridgehead atoms. The molecular weight excluding hydrogens is 278 g/mol. The summed E-state index contributed by atoms with van der Waals surface area (Å²) in [6.45, 7) is 0.365. The minimum Gasteiger partial charge on any atom is -0.465 e. The fourth-order valence-corrected chi connectivity index (χ4v) is 2.28. The molecule has 0 unspecified atom stereocenters. The van der Waals surface area contributed by atoms with Crippen molar-refractivity contribution in [1.82, 2.24) is 9.69 Å². The number of anilines is 1. The van der Waals surface area contributed by atoms with Crippen LogP contribution in [0, 0.1) is 0 Å². The van der Waals surface area contributed by atoms with Gasteiger partial charge in [0.1, 0.15) is 0 Å². The highest BCUT2D eigenvalue weighted by atomic mass is 32.1. The molecule has 0 fully saturated rings. The molecule has 6 nitrogen and oxygen atoms in total. The summed E-state index contributed by atoms with van der Waals surface area (Å²) in [6, 6.07) is 9.45. The number of hydrogen-bond acceptors (Lipinski definition) is 6.